The maximum absolute atomic E-state index is 2.51. The van der Waals surface area contributed by atoms with Crippen molar-refractivity contribution in [3.8, 4) is 22.5 Å². The minimum atomic E-state index is 1.08. The van der Waals surface area contributed by atoms with Gasteiger partial charge in [-0.25, -0.2) is 0 Å². The van der Waals surface area contributed by atoms with E-state index in [1.54, 1.807) is 5.56 Å². The van der Waals surface area contributed by atoms with Gasteiger partial charge in [-0.1, -0.05) is 86.7 Å². The number of aryl methyl sites for hydroxylation is 1. The second kappa shape index (κ2) is 10.4. The van der Waals surface area contributed by atoms with Gasteiger partial charge in [0.25, 0.3) is 0 Å². The van der Waals surface area contributed by atoms with Gasteiger partial charge in [-0.2, -0.15) is 0 Å². The molecule has 2 heteroatoms. The van der Waals surface area contributed by atoms with E-state index < -0.39 is 0 Å². The number of benzene rings is 4. The Labute approximate surface area is 237 Å². The zero-order valence-electron chi connectivity index (χ0n) is 23.5. The number of nitrogens with zero attached hydrogens (tertiary/aromatic N) is 2. The average molecular weight is 521 g/mol. The first-order valence-corrected chi connectivity index (χ1v) is 15.0. The highest BCUT2D eigenvalue weighted by atomic mass is 15.0. The predicted molar refractivity (Wildman–Crippen MR) is 171 cm³/mol. The van der Waals surface area contributed by atoms with Crippen LogP contribution in [0, 0.1) is 0 Å². The first kappa shape index (κ1) is 24.7. The number of allylic oxidation sites excluding steroid dienone is 1. The summed E-state index contributed by atoms with van der Waals surface area (Å²) in [5, 5.41) is 2.77. The molecule has 0 atom stereocenters. The van der Waals surface area contributed by atoms with Crippen molar-refractivity contribution in [3.05, 3.63) is 126 Å². The number of fused-ring (bicyclic) bond motifs is 6. The number of hydrogen-bond donors (Lipinski definition) is 0. The fourth-order valence-electron chi connectivity index (χ4n) is 6.86. The summed E-state index contributed by atoms with van der Waals surface area (Å²) >= 11 is 0. The van der Waals surface area contributed by atoms with Gasteiger partial charge in [-0.05, 0) is 91.6 Å². The van der Waals surface area contributed by atoms with Gasteiger partial charge in [0.2, 0.25) is 0 Å². The van der Waals surface area contributed by atoms with Gasteiger partial charge in [0.1, 0.15) is 0 Å². The molecule has 0 saturated heterocycles. The molecule has 40 heavy (non-hydrogen) atoms. The maximum Gasteiger partial charge on any atom is 0.0537 e. The van der Waals surface area contributed by atoms with Crippen LogP contribution in [0.5, 0.6) is 0 Å². The van der Waals surface area contributed by atoms with Crippen LogP contribution in [-0.4, -0.2) is 9.13 Å². The molecule has 2 heterocycles. The maximum atomic E-state index is 2.51. The van der Waals surface area contributed by atoms with E-state index in [2.05, 4.69) is 118 Å². The van der Waals surface area contributed by atoms with Crippen molar-refractivity contribution in [1.29, 1.82) is 0 Å². The van der Waals surface area contributed by atoms with Crippen LogP contribution in [0.15, 0.2) is 103 Å². The molecule has 6 aromatic rings. The smallest absolute Gasteiger partial charge is 0.0537 e. The van der Waals surface area contributed by atoms with Crippen molar-refractivity contribution in [2.45, 2.75) is 52.4 Å². The van der Waals surface area contributed by atoms with Crippen LogP contribution in [0.2, 0.25) is 0 Å². The fraction of sp³-hybridized carbons (Fsp3) is 0.211. The van der Waals surface area contributed by atoms with Crippen molar-refractivity contribution >= 4 is 27.9 Å². The summed E-state index contributed by atoms with van der Waals surface area (Å²) in [7, 11) is 0. The largest absolute Gasteiger partial charge is 0.313 e. The molecule has 2 aliphatic rings. The minimum Gasteiger partial charge on any atom is -0.313 e. The van der Waals surface area contributed by atoms with E-state index >= 15 is 0 Å². The van der Waals surface area contributed by atoms with Crippen molar-refractivity contribution < 1.29 is 0 Å². The summed E-state index contributed by atoms with van der Waals surface area (Å²) < 4.78 is 4.97. The topological polar surface area (TPSA) is 9.86 Å². The van der Waals surface area contributed by atoms with Gasteiger partial charge < -0.3 is 9.13 Å². The summed E-state index contributed by atoms with van der Waals surface area (Å²) in [5.41, 5.74) is 13.5. The summed E-state index contributed by atoms with van der Waals surface area (Å²) in [5.74, 6) is 0. The summed E-state index contributed by atoms with van der Waals surface area (Å²) in [4.78, 5) is 0. The molecule has 0 aliphatic heterocycles. The highest BCUT2D eigenvalue weighted by Crippen LogP contribution is 2.36. The van der Waals surface area contributed by atoms with E-state index in [1.165, 1.54) is 86.9 Å². The lowest BCUT2D eigenvalue weighted by molar-refractivity contribution is 0.667. The van der Waals surface area contributed by atoms with Crippen LogP contribution in [-0.2, 0) is 19.3 Å². The molecule has 0 fully saturated rings. The molecule has 0 saturated carbocycles. The molecule has 2 nitrogen and oxygen atoms in total. The molecular weight excluding hydrogens is 484 g/mol. The van der Waals surface area contributed by atoms with Gasteiger partial charge >= 0.3 is 0 Å². The van der Waals surface area contributed by atoms with Crippen LogP contribution in [0.25, 0.3) is 50.4 Å². The van der Waals surface area contributed by atoms with E-state index in [9.17, 15) is 0 Å². The molecule has 0 amide bonds. The normalized spacial score (nSPS) is 14.1. The number of aromatic nitrogens is 2. The van der Waals surface area contributed by atoms with Crippen LogP contribution in [0.3, 0.4) is 0 Å². The Bertz CT molecular complexity index is 1840. The summed E-state index contributed by atoms with van der Waals surface area (Å²) in [6.45, 7) is 4.00. The Hall–Kier alpha value is -4.30. The third kappa shape index (κ3) is 3.93. The molecular formula is C38H36N2. The minimum absolute atomic E-state index is 1.08. The van der Waals surface area contributed by atoms with Crippen LogP contribution in [0.1, 0.15) is 55.6 Å². The SMILES string of the molecule is C1=Cc2c(n(-c3ccc(-c4ccc(-n5c6c(c7ccccc75)CCCC6)cc4)cc3)c3ccccc23)CC1.CC. The molecule has 0 radical (unpaired) electrons. The zero-order valence-corrected chi connectivity index (χ0v) is 23.5. The van der Waals surface area contributed by atoms with Crippen molar-refractivity contribution in [2.75, 3.05) is 0 Å². The summed E-state index contributed by atoms with van der Waals surface area (Å²) in [6.07, 6.45) is 11.7. The highest BCUT2D eigenvalue weighted by Gasteiger charge is 2.21. The van der Waals surface area contributed by atoms with Gasteiger partial charge in [-0.15, -0.1) is 0 Å². The van der Waals surface area contributed by atoms with Crippen LogP contribution < -0.4 is 0 Å². The molecule has 198 valence electrons. The molecule has 2 aromatic heterocycles. The molecule has 0 N–H and O–H groups in total. The van der Waals surface area contributed by atoms with Gasteiger partial charge in [0.05, 0.1) is 11.0 Å². The monoisotopic (exact) mass is 520 g/mol. The third-order valence-corrected chi connectivity index (χ3v) is 8.61. The highest BCUT2D eigenvalue weighted by molar-refractivity contribution is 5.93. The van der Waals surface area contributed by atoms with Gasteiger partial charge in [0.15, 0.2) is 0 Å². The average Bonchev–Trinajstić information content (AvgIpc) is 3.56. The van der Waals surface area contributed by atoms with E-state index in [1.807, 2.05) is 13.8 Å². The van der Waals surface area contributed by atoms with Crippen molar-refractivity contribution in [2.24, 2.45) is 0 Å². The predicted octanol–water partition coefficient (Wildman–Crippen LogP) is 10.1. The van der Waals surface area contributed by atoms with E-state index in [4.69, 9.17) is 0 Å². The zero-order chi connectivity index (χ0) is 27.1. The Balaban J connectivity index is 0.00000130. The lowest BCUT2D eigenvalue weighted by atomic mass is 9.95. The van der Waals surface area contributed by atoms with Crippen LogP contribution in [0.4, 0.5) is 0 Å². The number of para-hydroxylation sites is 2. The Morgan fingerprint density at radius 1 is 0.525 bits per heavy atom. The van der Waals surface area contributed by atoms with Crippen LogP contribution >= 0.6 is 0 Å². The quantitative estimate of drug-likeness (QED) is 0.220. The lowest BCUT2D eigenvalue weighted by Gasteiger charge is -2.16. The van der Waals surface area contributed by atoms with Crippen molar-refractivity contribution in [3.63, 3.8) is 0 Å². The van der Waals surface area contributed by atoms with E-state index in [0.29, 0.717) is 0 Å². The first-order chi connectivity index (χ1) is 19.9. The van der Waals surface area contributed by atoms with Gasteiger partial charge in [-0.3, -0.25) is 0 Å². The Kier molecular flexibility index (Phi) is 6.40. The standard InChI is InChI=1S/C36H30N2.C2H6/c1-5-13-33-29(9-1)30-10-2-6-14-34(30)37(33)27-21-17-25(18-22-27)26-19-23-28(24-20-26)38-35-15-7-3-11-31(35)32-12-4-8-16-36(32)38;1-2/h1-3,5,7,9-11,13,15,17-24H,4,6,8,12,14,16H2;1-2H3. The van der Waals surface area contributed by atoms with Gasteiger partial charge in [0, 0.05) is 39.1 Å². The molecule has 0 unspecified atom stereocenters. The number of rotatable bonds is 3. The molecule has 0 bridgehead atoms. The molecule has 0 spiro atoms. The van der Waals surface area contributed by atoms with E-state index in [-0.39, 0.29) is 0 Å². The second-order valence-corrected chi connectivity index (χ2v) is 10.7. The third-order valence-electron chi connectivity index (χ3n) is 8.61. The second-order valence-electron chi connectivity index (χ2n) is 10.7. The summed E-state index contributed by atoms with van der Waals surface area (Å²) in [6, 6.07) is 36.0. The Morgan fingerprint density at radius 2 is 1.07 bits per heavy atom. The van der Waals surface area contributed by atoms with Crippen molar-refractivity contribution in [1.82, 2.24) is 9.13 Å². The molecule has 8 rings (SSSR count). The molecule has 4 aromatic carbocycles. The Morgan fingerprint density at radius 3 is 1.75 bits per heavy atom. The first-order valence-electron chi connectivity index (χ1n) is 15.0. The van der Waals surface area contributed by atoms with E-state index in [0.717, 1.165) is 12.8 Å². The lowest BCUT2D eigenvalue weighted by Crippen LogP contribution is -2.06. The number of hydrogen-bond acceptors (Lipinski definition) is 0. The molecule has 2 aliphatic carbocycles. The fourth-order valence-corrected chi connectivity index (χ4v) is 6.86.